The van der Waals surface area contributed by atoms with Crippen molar-refractivity contribution in [3.63, 3.8) is 0 Å². The highest BCUT2D eigenvalue weighted by molar-refractivity contribution is 8.14. The lowest BCUT2D eigenvalue weighted by molar-refractivity contribution is -0.385. The van der Waals surface area contributed by atoms with Crippen LogP contribution in [0.1, 0.15) is 0 Å². The molecule has 0 atom stereocenters. The molecule has 0 spiro atoms. The second-order valence-electron chi connectivity index (χ2n) is 5.40. The summed E-state index contributed by atoms with van der Waals surface area (Å²) in [6.07, 6.45) is 0. The maximum atomic E-state index is 12.1. The lowest BCUT2D eigenvalue weighted by Crippen LogP contribution is -2.20. The van der Waals surface area contributed by atoms with Crippen LogP contribution in [-0.4, -0.2) is 32.7 Å². The first-order valence-electron chi connectivity index (χ1n) is 7.23. The molecule has 13 nitrogen and oxygen atoms in total. The fraction of sp³-hybridized carbons (Fsp3) is 0. The van der Waals surface area contributed by atoms with Crippen LogP contribution in [-0.2, 0) is 18.1 Å². The number of rotatable bonds is 6. The van der Waals surface area contributed by atoms with Crippen LogP contribution >= 0.6 is 21.4 Å². The topological polar surface area (TPSA) is 196 Å². The molecule has 30 heavy (non-hydrogen) atoms. The van der Waals surface area contributed by atoms with Gasteiger partial charge in [-0.25, -0.2) is 21.6 Å². The third-order valence-electron chi connectivity index (χ3n) is 3.28. The van der Waals surface area contributed by atoms with Crippen molar-refractivity contribution in [2.45, 2.75) is 9.79 Å². The fourth-order valence-corrected chi connectivity index (χ4v) is 3.69. The van der Waals surface area contributed by atoms with Gasteiger partial charge in [0.05, 0.1) is 31.0 Å². The van der Waals surface area contributed by atoms with E-state index in [0.29, 0.717) is 12.1 Å². The van der Waals surface area contributed by atoms with E-state index < -0.39 is 55.1 Å². The van der Waals surface area contributed by atoms with Crippen LogP contribution in [0.4, 0.5) is 27.5 Å². The summed E-state index contributed by atoms with van der Waals surface area (Å²) in [5.41, 5.74) is -2.09. The number of hydrogen-bond acceptors (Lipinski definition) is 9. The quantitative estimate of drug-likeness (QED) is 0.341. The zero-order chi connectivity index (χ0) is 22.9. The molecule has 2 amide bonds. The Kier molecular flexibility index (Phi) is 6.51. The molecular formula is C13H8Cl2N4O9S2. The summed E-state index contributed by atoms with van der Waals surface area (Å²) < 4.78 is 45.8. The number of urea groups is 1. The number of nitro benzene ring substituents is 2. The molecule has 2 aromatic carbocycles. The third-order valence-corrected chi connectivity index (χ3v) is 5.95. The van der Waals surface area contributed by atoms with Gasteiger partial charge in [-0.2, -0.15) is 0 Å². The van der Waals surface area contributed by atoms with E-state index in [1.54, 1.807) is 0 Å². The summed E-state index contributed by atoms with van der Waals surface area (Å²) in [4.78, 5) is 30.9. The van der Waals surface area contributed by atoms with E-state index in [1.807, 2.05) is 0 Å². The van der Waals surface area contributed by atoms with Crippen molar-refractivity contribution in [1.82, 2.24) is 0 Å². The van der Waals surface area contributed by atoms with Gasteiger partial charge in [-0.3, -0.25) is 20.2 Å². The number of non-ortho nitro benzene ring substituents is 2. The number of benzene rings is 2. The number of hydrogen-bond donors (Lipinski definition) is 2. The van der Waals surface area contributed by atoms with Gasteiger partial charge in [0.1, 0.15) is 0 Å². The molecule has 0 aliphatic rings. The highest BCUT2D eigenvalue weighted by Gasteiger charge is 2.20. The number of carbonyl (C=O) groups is 1. The number of carbonyl (C=O) groups excluding carboxylic acids is 1. The molecule has 2 N–H and O–H groups in total. The third kappa shape index (κ3) is 5.99. The van der Waals surface area contributed by atoms with Crippen molar-refractivity contribution < 1.29 is 31.5 Å². The highest BCUT2D eigenvalue weighted by Crippen LogP contribution is 2.28. The SMILES string of the molecule is O=C(Nc1cc([N+](=O)[O-])cc(S(=O)(=O)Cl)c1)Nc1cc([N+](=O)[O-])cc(S(=O)(=O)Cl)c1. The molecule has 0 aromatic heterocycles. The van der Waals surface area contributed by atoms with Gasteiger partial charge in [-0.15, -0.1) is 0 Å². The van der Waals surface area contributed by atoms with E-state index in [1.165, 1.54) is 0 Å². The Balaban J connectivity index is 2.38. The van der Waals surface area contributed by atoms with Crippen molar-refractivity contribution in [2.75, 3.05) is 10.6 Å². The number of halogens is 2. The van der Waals surface area contributed by atoms with Crippen LogP contribution in [0.25, 0.3) is 0 Å². The Bertz CT molecular complexity index is 1180. The molecule has 160 valence electrons. The Morgan fingerprint density at radius 1 is 0.733 bits per heavy atom. The highest BCUT2D eigenvalue weighted by atomic mass is 35.7. The number of nitro groups is 2. The fourth-order valence-electron chi connectivity index (χ4n) is 2.10. The molecule has 0 bridgehead atoms. The zero-order valence-electron chi connectivity index (χ0n) is 14.1. The second-order valence-corrected chi connectivity index (χ2v) is 10.5. The maximum absolute atomic E-state index is 12.1. The summed E-state index contributed by atoms with van der Waals surface area (Å²) in [6, 6.07) is 3.52. The second kappa shape index (κ2) is 8.39. The summed E-state index contributed by atoms with van der Waals surface area (Å²) in [6.45, 7) is 0. The maximum Gasteiger partial charge on any atom is 0.323 e. The smallest absolute Gasteiger partial charge is 0.307 e. The number of nitrogens with one attached hydrogen (secondary N) is 2. The normalized spacial score (nSPS) is 11.5. The van der Waals surface area contributed by atoms with Gasteiger partial charge in [-0.1, -0.05) is 0 Å². The van der Waals surface area contributed by atoms with E-state index in [4.69, 9.17) is 21.4 Å². The lowest BCUT2D eigenvalue weighted by Gasteiger charge is -2.09. The first-order chi connectivity index (χ1) is 13.7. The molecule has 0 saturated heterocycles. The molecule has 0 aliphatic carbocycles. The van der Waals surface area contributed by atoms with Gasteiger partial charge in [0.15, 0.2) is 0 Å². The summed E-state index contributed by atoms with van der Waals surface area (Å²) in [7, 11) is 1.59. The van der Waals surface area contributed by atoms with Gasteiger partial charge in [0.2, 0.25) is 0 Å². The molecule has 0 unspecified atom stereocenters. The zero-order valence-corrected chi connectivity index (χ0v) is 17.3. The summed E-state index contributed by atoms with van der Waals surface area (Å²) in [5.74, 6) is 0. The first kappa shape index (κ1) is 23.3. The molecule has 17 heteroatoms. The molecule has 0 heterocycles. The molecule has 0 aliphatic heterocycles. The van der Waals surface area contributed by atoms with E-state index in [9.17, 15) is 41.9 Å². The number of nitrogens with zero attached hydrogens (tertiary/aromatic N) is 2. The van der Waals surface area contributed by atoms with Gasteiger partial charge in [0.25, 0.3) is 29.5 Å². The van der Waals surface area contributed by atoms with Crippen molar-refractivity contribution in [1.29, 1.82) is 0 Å². The van der Waals surface area contributed by atoms with Crippen LogP contribution in [0, 0.1) is 20.2 Å². The Morgan fingerprint density at radius 3 is 1.33 bits per heavy atom. The van der Waals surface area contributed by atoms with Crippen molar-refractivity contribution in [3.05, 3.63) is 56.6 Å². The minimum atomic E-state index is -4.37. The van der Waals surface area contributed by atoms with Crippen LogP contribution in [0.3, 0.4) is 0 Å². The van der Waals surface area contributed by atoms with Gasteiger partial charge >= 0.3 is 6.03 Å². The van der Waals surface area contributed by atoms with E-state index >= 15 is 0 Å². The minimum Gasteiger partial charge on any atom is -0.307 e. The monoisotopic (exact) mass is 498 g/mol. The largest absolute Gasteiger partial charge is 0.323 e. The van der Waals surface area contributed by atoms with E-state index in [0.717, 1.165) is 24.3 Å². The van der Waals surface area contributed by atoms with Crippen molar-refractivity contribution in [3.8, 4) is 0 Å². The minimum absolute atomic E-state index is 0.350. The Hall–Kier alpha value is -3.01. The standard InChI is InChI=1S/C13H8Cl2N4O9S2/c14-29(25,26)11-3-7(1-9(5-11)18(21)22)16-13(20)17-8-2-10(19(23)24)6-12(4-8)30(15,27)28/h1-6H,(H2,16,17,20). The van der Waals surface area contributed by atoms with Crippen LogP contribution in [0.5, 0.6) is 0 Å². The number of anilines is 2. The predicted molar refractivity (Wildman–Crippen MR) is 105 cm³/mol. The molecule has 2 rings (SSSR count). The first-order valence-corrected chi connectivity index (χ1v) is 11.8. The number of amides is 2. The van der Waals surface area contributed by atoms with Crippen molar-refractivity contribution in [2.24, 2.45) is 0 Å². The molecule has 0 saturated carbocycles. The van der Waals surface area contributed by atoms with Gasteiger partial charge < -0.3 is 10.6 Å². The summed E-state index contributed by atoms with van der Waals surface area (Å²) in [5, 5.41) is 26.0. The lowest BCUT2D eigenvalue weighted by atomic mass is 10.2. The molecular weight excluding hydrogens is 491 g/mol. The molecule has 0 radical (unpaired) electrons. The van der Waals surface area contributed by atoms with E-state index in [-0.39, 0.29) is 11.4 Å². The van der Waals surface area contributed by atoms with Gasteiger partial charge in [-0.05, 0) is 12.1 Å². The molecule has 2 aromatic rings. The summed E-state index contributed by atoms with van der Waals surface area (Å²) >= 11 is 0. The van der Waals surface area contributed by atoms with Crippen molar-refractivity contribution >= 4 is 68.2 Å². The van der Waals surface area contributed by atoms with Gasteiger partial charge in [0, 0.05) is 45.6 Å². The average molecular weight is 499 g/mol. The average Bonchev–Trinajstić information content (AvgIpc) is 2.59. The Labute approximate surface area is 176 Å². The molecule has 0 fully saturated rings. The Morgan fingerprint density at radius 2 is 1.07 bits per heavy atom. The van der Waals surface area contributed by atoms with Crippen LogP contribution in [0.15, 0.2) is 46.2 Å². The van der Waals surface area contributed by atoms with E-state index in [2.05, 4.69) is 10.6 Å². The van der Waals surface area contributed by atoms with Crippen LogP contribution in [0.2, 0.25) is 0 Å². The predicted octanol–water partition coefficient (Wildman–Crippen LogP) is 3.00. The van der Waals surface area contributed by atoms with Crippen LogP contribution < -0.4 is 10.6 Å².